The number of imidazole rings is 1. The second kappa shape index (κ2) is 16.5. The Morgan fingerprint density at radius 1 is 1.09 bits per heavy atom. The Labute approximate surface area is 308 Å². The maximum atomic E-state index is 13.3. The average molecular weight is 828 g/mol. The summed E-state index contributed by atoms with van der Waals surface area (Å²) in [5, 5.41) is 11.4. The van der Waals surface area contributed by atoms with Gasteiger partial charge in [0.2, 0.25) is 0 Å². The van der Waals surface area contributed by atoms with E-state index in [-0.39, 0.29) is 39.7 Å². The first-order valence-corrected chi connectivity index (χ1v) is 20.9. The molecular formula is C26H39N9O14P2S2. The fraction of sp³-hybridized carbons (Fsp3) is 0.615. The number of phosphoric acid groups is 2. The Balaban J connectivity index is 1.33. The van der Waals surface area contributed by atoms with E-state index in [1.807, 2.05) is 20.8 Å². The molecule has 3 aromatic heterocycles. The van der Waals surface area contributed by atoms with Crippen LogP contribution in [0.1, 0.15) is 39.6 Å². The molecule has 2 aliphatic heterocycles. The van der Waals surface area contributed by atoms with Crippen molar-refractivity contribution < 1.29 is 61.5 Å². The summed E-state index contributed by atoms with van der Waals surface area (Å²) in [4.78, 5) is 70.6. The summed E-state index contributed by atoms with van der Waals surface area (Å²) in [7, 11) is -7.31. The summed E-state index contributed by atoms with van der Waals surface area (Å²) in [5.41, 5.74) is 17.0. The number of nitrogens with two attached hydrogens (primary N) is 3. The first-order chi connectivity index (χ1) is 24.7. The lowest BCUT2D eigenvalue weighted by atomic mass is 10.1. The van der Waals surface area contributed by atoms with E-state index in [1.165, 1.54) is 44.7 Å². The number of esters is 1. The summed E-state index contributed by atoms with van der Waals surface area (Å²) in [6.45, 7) is 4.33. The van der Waals surface area contributed by atoms with Gasteiger partial charge in [0.05, 0.1) is 19.5 Å². The van der Waals surface area contributed by atoms with E-state index in [0.717, 1.165) is 10.9 Å². The minimum atomic E-state index is -5.13. The van der Waals surface area contributed by atoms with Crippen LogP contribution in [0.4, 0.5) is 11.6 Å². The number of nitrogens with zero attached hydrogens (tertiary/aromatic N) is 6. The fourth-order valence-electron chi connectivity index (χ4n) is 5.18. The minimum absolute atomic E-state index is 0.0410. The summed E-state index contributed by atoms with van der Waals surface area (Å²) in [6, 6.07) is 0.167. The Hall–Kier alpha value is -2.74. The molecule has 0 saturated carbocycles. The zero-order valence-electron chi connectivity index (χ0n) is 28.3. The third-order valence-corrected chi connectivity index (χ3v) is 12.4. The van der Waals surface area contributed by atoms with E-state index in [4.69, 9.17) is 40.5 Å². The lowest BCUT2D eigenvalue weighted by molar-refractivity contribution is -0.157. The number of aromatic nitrogens is 6. The van der Waals surface area contributed by atoms with Gasteiger partial charge in [-0.2, -0.15) is 4.98 Å². The number of fused-ring (bicyclic) bond motifs is 1. The van der Waals surface area contributed by atoms with E-state index in [0.29, 0.717) is 0 Å². The molecule has 0 amide bonds. The number of aliphatic hydroxyl groups excluding tert-OH is 1. The average Bonchev–Trinajstić information content (AvgIpc) is 3.74. The number of carbonyl (C=O) groups excluding carboxylic acids is 1. The number of rotatable bonds is 15. The molecule has 5 rings (SSSR count). The topological polar surface area (TPSA) is 344 Å². The van der Waals surface area contributed by atoms with Crippen molar-refractivity contribution in [3.8, 4) is 0 Å². The second-order valence-corrected chi connectivity index (χ2v) is 18.5. The molecule has 0 spiro atoms. The first kappa shape index (κ1) is 41.4. The van der Waals surface area contributed by atoms with Crippen molar-refractivity contribution in [2.75, 3.05) is 30.4 Å². The summed E-state index contributed by atoms with van der Waals surface area (Å²) < 4.78 is 59.3. The van der Waals surface area contributed by atoms with Crippen LogP contribution in [0.3, 0.4) is 0 Å². The fourth-order valence-corrected chi connectivity index (χ4v) is 8.89. The van der Waals surface area contributed by atoms with Crippen LogP contribution in [0.25, 0.3) is 11.2 Å². The number of aliphatic hydroxyl groups is 1. The third kappa shape index (κ3) is 10.7. The highest BCUT2D eigenvalue weighted by Crippen LogP contribution is 2.50. The molecule has 5 heterocycles. The number of carbonyl (C=O) groups is 1. The Bertz CT molecular complexity index is 1930. The smallest absolute Gasteiger partial charge is 0.455 e. The molecule has 0 aliphatic carbocycles. The van der Waals surface area contributed by atoms with E-state index >= 15 is 0 Å². The molecule has 294 valence electrons. The van der Waals surface area contributed by atoms with Crippen LogP contribution >= 0.6 is 37.2 Å². The van der Waals surface area contributed by atoms with Gasteiger partial charge in [0.15, 0.2) is 23.8 Å². The standard InChI is InChI=1S/C26H39N9O14P2S2/c1-26(2,3)53-52-9-12(27)24(37)48-20-15(47-23(19(20)36)35-11-32-18-21(29)30-10-31-22(18)35)8-45-51(42,43)49-13-6-17(34-5-4-16(28)33-25(34)38)46-14(13)7-44-50(39,40)41/h4-5,10-15,17,19-20,23,36H,6-9,27H2,1-3H3,(H,42,43)(H2,28,33,38)(H2,29,30,31)(H2,39,40,41)/t12-,13-,14+,15+,17+,19+,20+,23?/m0/s1. The maximum absolute atomic E-state index is 13.3. The van der Waals surface area contributed by atoms with E-state index in [1.54, 1.807) is 0 Å². The van der Waals surface area contributed by atoms with Gasteiger partial charge in [-0.25, -0.2) is 28.9 Å². The number of hydrogen-bond acceptors (Lipinski definition) is 20. The van der Waals surface area contributed by atoms with Gasteiger partial charge in [-0.1, -0.05) is 42.4 Å². The van der Waals surface area contributed by atoms with Crippen LogP contribution in [-0.2, 0) is 41.7 Å². The number of hydrogen-bond donors (Lipinski definition) is 7. The highest BCUT2D eigenvalue weighted by atomic mass is 33.1. The van der Waals surface area contributed by atoms with E-state index in [9.17, 15) is 38.5 Å². The van der Waals surface area contributed by atoms with Gasteiger partial charge >= 0.3 is 27.3 Å². The van der Waals surface area contributed by atoms with Crippen molar-refractivity contribution in [3.63, 3.8) is 0 Å². The Kier molecular flexibility index (Phi) is 12.9. The van der Waals surface area contributed by atoms with Crippen LogP contribution in [0.5, 0.6) is 0 Å². The van der Waals surface area contributed by atoms with Gasteiger partial charge in [-0.3, -0.25) is 27.5 Å². The predicted molar refractivity (Wildman–Crippen MR) is 187 cm³/mol. The molecule has 10 N–H and O–H groups in total. The van der Waals surface area contributed by atoms with Crippen molar-refractivity contribution >= 4 is 66.0 Å². The van der Waals surface area contributed by atoms with Gasteiger partial charge < -0.3 is 51.2 Å². The van der Waals surface area contributed by atoms with Crippen molar-refractivity contribution in [2.24, 2.45) is 5.73 Å². The van der Waals surface area contributed by atoms with Gasteiger partial charge in [-0.15, -0.1) is 0 Å². The van der Waals surface area contributed by atoms with E-state index < -0.39 is 89.5 Å². The Morgan fingerprint density at radius 2 is 1.81 bits per heavy atom. The molecule has 2 fully saturated rings. The molecular weight excluding hydrogens is 788 g/mol. The third-order valence-electron chi connectivity index (χ3n) is 7.50. The zero-order valence-corrected chi connectivity index (χ0v) is 31.7. The zero-order chi connectivity index (χ0) is 38.9. The quantitative estimate of drug-likeness (QED) is 0.0593. The number of ether oxygens (including phenoxy) is 3. The van der Waals surface area contributed by atoms with Crippen LogP contribution in [-0.4, -0.2) is 115 Å². The summed E-state index contributed by atoms with van der Waals surface area (Å²) in [5.74, 6) is -0.784. The molecule has 9 atom stereocenters. The molecule has 0 bridgehead atoms. The number of anilines is 2. The van der Waals surface area contributed by atoms with Gasteiger partial charge in [-0.05, 0) is 6.07 Å². The normalized spacial score (nSPS) is 26.8. The van der Waals surface area contributed by atoms with Gasteiger partial charge in [0.25, 0.3) is 0 Å². The van der Waals surface area contributed by atoms with Crippen LogP contribution < -0.4 is 22.9 Å². The van der Waals surface area contributed by atoms with Crippen LogP contribution in [0.15, 0.2) is 29.7 Å². The molecule has 2 unspecified atom stereocenters. The lowest BCUT2D eigenvalue weighted by Crippen LogP contribution is -2.43. The molecule has 2 saturated heterocycles. The van der Waals surface area contributed by atoms with Crippen molar-refractivity contribution in [1.82, 2.24) is 29.1 Å². The molecule has 0 aromatic carbocycles. The second-order valence-electron chi connectivity index (χ2n) is 12.7. The van der Waals surface area contributed by atoms with Crippen LogP contribution in [0.2, 0.25) is 0 Å². The van der Waals surface area contributed by atoms with Crippen LogP contribution in [0, 0.1) is 0 Å². The molecule has 23 nitrogen and oxygen atoms in total. The van der Waals surface area contributed by atoms with E-state index in [2.05, 4.69) is 24.5 Å². The Morgan fingerprint density at radius 3 is 2.49 bits per heavy atom. The lowest BCUT2D eigenvalue weighted by Gasteiger charge is -2.24. The SMILES string of the molecule is CC(C)(C)SSC[C@H](N)C(=O)O[C@@H]1[C@@H](COP(=O)(O)O[C@H]2C[C@H](n3ccc(N)nc3=O)O[C@@H]2COP(=O)(O)O)OC(n2cnc3c(N)ncnc32)[C@@H]1O. The predicted octanol–water partition coefficient (Wildman–Crippen LogP) is -0.176. The largest absolute Gasteiger partial charge is 0.472 e. The summed E-state index contributed by atoms with van der Waals surface area (Å²) >= 11 is 0. The molecule has 2 aliphatic rings. The molecule has 53 heavy (non-hydrogen) atoms. The number of phosphoric ester groups is 2. The van der Waals surface area contributed by atoms with Gasteiger partial charge in [0, 0.05) is 23.1 Å². The van der Waals surface area contributed by atoms with Gasteiger partial charge in [0.1, 0.15) is 54.3 Å². The first-order valence-electron chi connectivity index (χ1n) is 15.6. The van der Waals surface area contributed by atoms with Crippen molar-refractivity contribution in [2.45, 2.75) is 81.0 Å². The number of nitrogen functional groups attached to an aromatic ring is 2. The summed E-state index contributed by atoms with van der Waals surface area (Å²) in [6.07, 6.45) is -6.53. The highest BCUT2D eigenvalue weighted by Gasteiger charge is 2.50. The molecule has 3 aromatic rings. The monoisotopic (exact) mass is 827 g/mol. The molecule has 0 radical (unpaired) electrons. The maximum Gasteiger partial charge on any atom is 0.472 e. The van der Waals surface area contributed by atoms with Crippen molar-refractivity contribution in [3.05, 3.63) is 35.4 Å². The minimum Gasteiger partial charge on any atom is -0.455 e. The highest BCUT2D eigenvalue weighted by molar-refractivity contribution is 8.77. The van der Waals surface area contributed by atoms with Crippen molar-refractivity contribution in [1.29, 1.82) is 0 Å². The molecule has 27 heteroatoms.